The van der Waals surface area contributed by atoms with Gasteiger partial charge in [0, 0.05) is 0 Å². The third kappa shape index (κ3) is 2.44. The molecular formula is C10H2F8O4. The fraction of sp³-hybridized carbons (Fsp3) is 0.200. The fourth-order valence-corrected chi connectivity index (χ4v) is 1.49. The van der Waals surface area contributed by atoms with E-state index in [9.17, 15) is 44.7 Å². The van der Waals surface area contributed by atoms with Crippen LogP contribution < -0.4 is 0 Å². The first-order valence-electron chi connectivity index (χ1n) is 4.87. The van der Waals surface area contributed by atoms with Crippen LogP contribution in [0.3, 0.4) is 0 Å². The number of carbonyl (C=O) groups is 2. The minimum Gasteiger partial charge on any atom is -0.478 e. The van der Waals surface area contributed by atoms with Crippen molar-refractivity contribution in [3.63, 3.8) is 0 Å². The molecule has 0 heterocycles. The van der Waals surface area contributed by atoms with E-state index >= 15 is 0 Å². The van der Waals surface area contributed by atoms with Crippen LogP contribution in [0.25, 0.3) is 0 Å². The normalized spacial score (nSPS) is 12.4. The van der Waals surface area contributed by atoms with E-state index < -0.39 is 58.2 Å². The van der Waals surface area contributed by atoms with E-state index in [0.717, 1.165) is 0 Å². The van der Waals surface area contributed by atoms with Crippen LogP contribution in [0.15, 0.2) is 0 Å². The summed E-state index contributed by atoms with van der Waals surface area (Å²) in [5, 5.41) is 16.9. The lowest BCUT2D eigenvalue weighted by Crippen LogP contribution is -2.37. The highest BCUT2D eigenvalue weighted by atomic mass is 19.4. The summed E-state index contributed by atoms with van der Waals surface area (Å²) in [6.45, 7) is 0. The van der Waals surface area contributed by atoms with Crippen LogP contribution in [0.5, 0.6) is 0 Å². The van der Waals surface area contributed by atoms with Gasteiger partial charge in [0.25, 0.3) is 0 Å². The number of aromatic carboxylic acids is 2. The van der Waals surface area contributed by atoms with Crippen molar-refractivity contribution in [2.75, 3.05) is 0 Å². The molecule has 0 atom stereocenters. The highest BCUT2D eigenvalue weighted by Gasteiger charge is 2.62. The molecule has 0 saturated carbocycles. The number of halogens is 8. The molecule has 1 aromatic carbocycles. The van der Waals surface area contributed by atoms with Crippen molar-refractivity contribution < 1.29 is 54.9 Å². The molecule has 12 heteroatoms. The van der Waals surface area contributed by atoms with Crippen molar-refractivity contribution >= 4 is 11.9 Å². The molecule has 0 aliphatic rings. The molecule has 0 unspecified atom stereocenters. The zero-order valence-electron chi connectivity index (χ0n) is 9.73. The monoisotopic (exact) mass is 338 g/mol. The zero-order chi connectivity index (χ0) is 17.6. The SMILES string of the molecule is O=C(O)c1c(F)c(F)c(C(F)(F)C(F)(F)F)c(C(=O)O)c1F. The third-order valence-electron chi connectivity index (χ3n) is 2.42. The number of hydrogen-bond donors (Lipinski definition) is 2. The highest BCUT2D eigenvalue weighted by Crippen LogP contribution is 2.47. The van der Waals surface area contributed by atoms with Crippen molar-refractivity contribution in [3.8, 4) is 0 Å². The minimum absolute atomic E-state index is 2.31. The topological polar surface area (TPSA) is 74.6 Å². The molecule has 0 aliphatic heterocycles. The number of carboxylic acid groups (broad SMARTS) is 2. The van der Waals surface area contributed by atoms with Crippen LogP contribution in [-0.4, -0.2) is 28.3 Å². The summed E-state index contributed by atoms with van der Waals surface area (Å²) in [5.74, 6) is -20.5. The number of hydrogen-bond acceptors (Lipinski definition) is 2. The summed E-state index contributed by atoms with van der Waals surface area (Å²) in [6, 6.07) is 0. The quantitative estimate of drug-likeness (QED) is 0.656. The summed E-state index contributed by atoms with van der Waals surface area (Å²) < 4.78 is 103. The van der Waals surface area contributed by atoms with Crippen molar-refractivity contribution in [2.24, 2.45) is 0 Å². The van der Waals surface area contributed by atoms with Gasteiger partial charge < -0.3 is 10.2 Å². The zero-order valence-corrected chi connectivity index (χ0v) is 9.73. The Morgan fingerprint density at radius 1 is 0.727 bits per heavy atom. The van der Waals surface area contributed by atoms with E-state index in [1.165, 1.54) is 0 Å². The predicted molar refractivity (Wildman–Crippen MR) is 50.2 cm³/mol. The van der Waals surface area contributed by atoms with E-state index in [1.807, 2.05) is 0 Å². The molecular weight excluding hydrogens is 336 g/mol. The number of benzene rings is 1. The average Bonchev–Trinajstić information content (AvgIpc) is 2.30. The number of alkyl halides is 5. The maximum absolute atomic E-state index is 13.5. The molecule has 0 fully saturated rings. The average molecular weight is 338 g/mol. The molecule has 0 aromatic heterocycles. The van der Waals surface area contributed by atoms with Crippen LogP contribution >= 0.6 is 0 Å². The van der Waals surface area contributed by atoms with Gasteiger partial charge in [-0.3, -0.25) is 0 Å². The molecule has 4 nitrogen and oxygen atoms in total. The first-order chi connectivity index (χ1) is 9.75. The van der Waals surface area contributed by atoms with Gasteiger partial charge in [0.05, 0.1) is 5.56 Å². The lowest BCUT2D eigenvalue weighted by molar-refractivity contribution is -0.290. The Labute approximate surface area is 114 Å². The molecule has 0 radical (unpaired) electrons. The van der Waals surface area contributed by atoms with Gasteiger partial charge >= 0.3 is 24.0 Å². The summed E-state index contributed by atoms with van der Waals surface area (Å²) >= 11 is 0. The van der Waals surface area contributed by atoms with Crippen LogP contribution in [-0.2, 0) is 5.92 Å². The van der Waals surface area contributed by atoms with Crippen LogP contribution in [0.1, 0.15) is 26.3 Å². The smallest absolute Gasteiger partial charge is 0.458 e. The molecule has 2 N–H and O–H groups in total. The molecule has 0 spiro atoms. The van der Waals surface area contributed by atoms with Crippen molar-refractivity contribution in [1.82, 2.24) is 0 Å². The van der Waals surface area contributed by atoms with Gasteiger partial charge in [0.15, 0.2) is 17.5 Å². The maximum atomic E-state index is 13.5. The second kappa shape index (κ2) is 5.10. The van der Waals surface area contributed by atoms with Gasteiger partial charge in [-0.15, -0.1) is 0 Å². The Balaban J connectivity index is 4.04. The summed E-state index contributed by atoms with van der Waals surface area (Å²) in [6.07, 6.45) is -6.58. The predicted octanol–water partition coefficient (Wildman–Crippen LogP) is 3.15. The molecule has 1 rings (SSSR count). The van der Waals surface area contributed by atoms with Gasteiger partial charge in [0.1, 0.15) is 11.1 Å². The molecule has 22 heavy (non-hydrogen) atoms. The van der Waals surface area contributed by atoms with Gasteiger partial charge in [0.2, 0.25) is 0 Å². The summed E-state index contributed by atoms with van der Waals surface area (Å²) in [5.41, 5.74) is -8.08. The fourth-order valence-electron chi connectivity index (χ4n) is 1.49. The molecule has 1 aromatic rings. The largest absolute Gasteiger partial charge is 0.478 e. The molecule has 0 aliphatic carbocycles. The van der Waals surface area contributed by atoms with E-state index in [-0.39, 0.29) is 0 Å². The Hall–Kier alpha value is -2.40. The number of carboxylic acids is 2. The standard InChI is InChI=1S/C10H2F8O4/c11-4-1(7(19)20)3(9(14,15)10(16,17)18)6(13)5(12)2(4)8(21)22/h(H,19,20)(H,21,22). The highest BCUT2D eigenvalue weighted by molar-refractivity contribution is 5.96. The second-order valence-electron chi connectivity index (χ2n) is 3.75. The second-order valence-corrected chi connectivity index (χ2v) is 3.75. The van der Waals surface area contributed by atoms with E-state index in [4.69, 9.17) is 10.2 Å². The summed E-state index contributed by atoms with van der Waals surface area (Å²) in [7, 11) is 0. The van der Waals surface area contributed by atoms with E-state index in [1.54, 1.807) is 0 Å². The Kier molecular flexibility index (Phi) is 4.09. The van der Waals surface area contributed by atoms with Gasteiger partial charge in [-0.25, -0.2) is 22.8 Å². The summed E-state index contributed by atoms with van der Waals surface area (Å²) in [4.78, 5) is 21.1. The van der Waals surface area contributed by atoms with Crippen molar-refractivity contribution in [1.29, 1.82) is 0 Å². The van der Waals surface area contributed by atoms with E-state index in [0.29, 0.717) is 0 Å². The number of rotatable bonds is 3. The van der Waals surface area contributed by atoms with Gasteiger partial charge in [-0.1, -0.05) is 0 Å². The van der Waals surface area contributed by atoms with Crippen molar-refractivity contribution in [2.45, 2.75) is 12.1 Å². The first kappa shape index (κ1) is 17.7. The molecule has 0 saturated heterocycles. The van der Waals surface area contributed by atoms with Gasteiger partial charge in [-0.2, -0.15) is 22.0 Å². The minimum atomic E-state index is -6.58. The third-order valence-corrected chi connectivity index (χ3v) is 2.42. The Morgan fingerprint density at radius 3 is 1.45 bits per heavy atom. The van der Waals surface area contributed by atoms with Crippen LogP contribution in [0, 0.1) is 17.5 Å². The molecule has 122 valence electrons. The van der Waals surface area contributed by atoms with Crippen LogP contribution in [0.2, 0.25) is 0 Å². The lowest BCUT2D eigenvalue weighted by Gasteiger charge is -2.23. The van der Waals surface area contributed by atoms with Crippen LogP contribution in [0.4, 0.5) is 35.1 Å². The first-order valence-corrected chi connectivity index (χ1v) is 4.87. The Bertz CT molecular complexity index is 664. The maximum Gasteiger partial charge on any atom is 0.458 e. The molecule has 0 bridgehead atoms. The lowest BCUT2D eigenvalue weighted by atomic mass is 9.96. The van der Waals surface area contributed by atoms with Crippen molar-refractivity contribution in [3.05, 3.63) is 34.1 Å². The molecule has 0 amide bonds. The van der Waals surface area contributed by atoms with Gasteiger partial charge in [-0.05, 0) is 0 Å². The van der Waals surface area contributed by atoms with E-state index in [2.05, 4.69) is 0 Å². The Morgan fingerprint density at radius 2 is 1.14 bits per heavy atom.